The summed E-state index contributed by atoms with van der Waals surface area (Å²) in [6.45, 7) is 7.30. The molecule has 2 aromatic heterocycles. The molecule has 2 aliphatic rings. The summed E-state index contributed by atoms with van der Waals surface area (Å²) in [4.78, 5) is 26.0. The van der Waals surface area contributed by atoms with E-state index in [-0.39, 0.29) is 23.8 Å². The number of rotatable bonds is 6. The second-order valence-electron chi connectivity index (χ2n) is 9.53. The highest BCUT2D eigenvalue weighted by atomic mass is 16.2. The molecule has 0 bridgehead atoms. The molecule has 1 aromatic carbocycles. The third-order valence-corrected chi connectivity index (χ3v) is 7.19. The lowest BCUT2D eigenvalue weighted by Crippen LogP contribution is -2.47. The lowest BCUT2D eigenvalue weighted by molar-refractivity contribution is -0.124. The zero-order chi connectivity index (χ0) is 24.2. The van der Waals surface area contributed by atoms with E-state index in [1.807, 2.05) is 53.4 Å². The van der Waals surface area contributed by atoms with Gasteiger partial charge in [-0.15, -0.1) is 0 Å². The first-order valence-electron chi connectivity index (χ1n) is 12.5. The zero-order valence-electron chi connectivity index (χ0n) is 19.8. The van der Waals surface area contributed by atoms with E-state index in [4.69, 9.17) is 12.3 Å². The molecule has 0 unspecified atom stereocenters. The van der Waals surface area contributed by atoms with Gasteiger partial charge in [0.1, 0.15) is 17.7 Å². The predicted octanol–water partition coefficient (Wildman–Crippen LogP) is 4.95. The number of nitrogen functional groups attached to an aromatic ring is 1. The van der Waals surface area contributed by atoms with E-state index in [2.05, 4.69) is 25.4 Å². The van der Waals surface area contributed by atoms with Crippen molar-refractivity contribution in [2.75, 3.05) is 11.1 Å². The van der Waals surface area contributed by atoms with Gasteiger partial charge in [-0.3, -0.25) is 4.79 Å². The Balaban J connectivity index is 1.39. The molecule has 2 atom stereocenters. The number of nitrogens with two attached hydrogens (primary N) is 1. The summed E-state index contributed by atoms with van der Waals surface area (Å²) < 4.78 is 1.87. The van der Waals surface area contributed by atoms with Crippen LogP contribution in [0, 0.1) is 12.5 Å². The lowest BCUT2D eigenvalue weighted by atomic mass is 9.82. The largest absolute Gasteiger partial charge is 0.368 e. The van der Waals surface area contributed by atoms with Crippen molar-refractivity contribution in [3.05, 3.63) is 71.3 Å². The van der Waals surface area contributed by atoms with Crippen LogP contribution in [0.15, 0.2) is 48.8 Å². The minimum Gasteiger partial charge on any atom is -0.368 e. The summed E-state index contributed by atoms with van der Waals surface area (Å²) in [5.41, 5.74) is 8.96. The Labute approximate surface area is 205 Å². The average molecular weight is 470 g/mol. The van der Waals surface area contributed by atoms with Gasteiger partial charge >= 0.3 is 0 Å². The Bertz CT molecular complexity index is 1220. The summed E-state index contributed by atoms with van der Waals surface area (Å²) in [7, 11) is 0. The number of aryl methyl sites for hydroxylation is 1. The number of hydrogen-bond donors (Lipinski definition) is 3. The number of hydrogen-bond acceptors (Lipinski definition) is 5. The third kappa shape index (κ3) is 5.14. The van der Waals surface area contributed by atoms with Crippen molar-refractivity contribution in [1.29, 1.82) is 0 Å². The number of carbonyl (C=O) groups is 1. The van der Waals surface area contributed by atoms with Gasteiger partial charge in [-0.2, -0.15) is 9.97 Å². The molecular formula is C27H31N7O. The van der Waals surface area contributed by atoms with E-state index in [0.29, 0.717) is 17.3 Å². The molecule has 180 valence electrons. The number of anilines is 2. The number of fused-ring (bicyclic) bond motifs is 1. The van der Waals surface area contributed by atoms with Gasteiger partial charge in [0.05, 0.1) is 12.6 Å². The smallest absolute Gasteiger partial charge is 0.243 e. The highest BCUT2D eigenvalue weighted by Crippen LogP contribution is 2.34. The zero-order valence-corrected chi connectivity index (χ0v) is 19.8. The standard InChI is InChI=1S/C27H31N7O/c1-29-20-12-13-21-19(16-20)10-7-11-22(21)30-26(35)25(18-8-3-2-4-9-18)31-23-17-24(33-27(28)32-23)34-14-5-6-15-34/h5-6,12-18,22,25H,2-4,7-11H2,(H,30,35)(H3,28,31,32,33)/t22-,25-/m1/s1. The molecular weight excluding hydrogens is 438 g/mol. The Morgan fingerprint density at radius 3 is 2.66 bits per heavy atom. The Morgan fingerprint density at radius 1 is 1.09 bits per heavy atom. The Hall–Kier alpha value is -3.86. The Kier molecular flexibility index (Phi) is 6.66. The van der Waals surface area contributed by atoms with E-state index in [0.717, 1.165) is 56.1 Å². The maximum Gasteiger partial charge on any atom is 0.243 e. The second kappa shape index (κ2) is 10.2. The number of nitrogens with zero attached hydrogens (tertiary/aromatic N) is 4. The van der Waals surface area contributed by atoms with Gasteiger partial charge < -0.3 is 20.9 Å². The summed E-state index contributed by atoms with van der Waals surface area (Å²) in [5, 5.41) is 6.76. The average Bonchev–Trinajstić information content (AvgIpc) is 3.42. The highest BCUT2D eigenvalue weighted by molar-refractivity contribution is 5.85. The molecule has 1 saturated carbocycles. The quantitative estimate of drug-likeness (QED) is 0.443. The molecule has 0 saturated heterocycles. The molecule has 5 rings (SSSR count). The van der Waals surface area contributed by atoms with Gasteiger partial charge in [0.2, 0.25) is 11.9 Å². The molecule has 0 spiro atoms. The van der Waals surface area contributed by atoms with Gasteiger partial charge in [0.25, 0.3) is 0 Å². The molecule has 1 fully saturated rings. The first kappa shape index (κ1) is 22.9. The van der Waals surface area contributed by atoms with Crippen LogP contribution in [0.5, 0.6) is 0 Å². The van der Waals surface area contributed by atoms with E-state index >= 15 is 0 Å². The van der Waals surface area contributed by atoms with Gasteiger partial charge in [-0.25, -0.2) is 4.85 Å². The molecule has 3 aromatic rings. The normalized spacial score (nSPS) is 18.8. The molecule has 35 heavy (non-hydrogen) atoms. The summed E-state index contributed by atoms with van der Waals surface area (Å²) in [6, 6.07) is 11.0. The minimum atomic E-state index is -0.407. The summed E-state index contributed by atoms with van der Waals surface area (Å²) in [5.74, 6) is 1.59. The van der Waals surface area contributed by atoms with Crippen molar-refractivity contribution < 1.29 is 4.79 Å². The van der Waals surface area contributed by atoms with E-state index in [9.17, 15) is 4.79 Å². The maximum atomic E-state index is 13.7. The third-order valence-electron chi connectivity index (χ3n) is 7.19. The van der Waals surface area contributed by atoms with Crippen molar-refractivity contribution in [1.82, 2.24) is 19.9 Å². The summed E-state index contributed by atoms with van der Waals surface area (Å²) >= 11 is 0. The molecule has 2 heterocycles. The van der Waals surface area contributed by atoms with Crippen molar-refractivity contribution >= 4 is 23.4 Å². The predicted molar refractivity (Wildman–Crippen MR) is 136 cm³/mol. The number of aromatic nitrogens is 3. The van der Waals surface area contributed by atoms with Crippen LogP contribution >= 0.6 is 0 Å². The molecule has 0 radical (unpaired) electrons. The van der Waals surface area contributed by atoms with Gasteiger partial charge in [-0.1, -0.05) is 43.0 Å². The van der Waals surface area contributed by atoms with E-state index in [1.54, 1.807) is 0 Å². The first-order chi connectivity index (χ1) is 17.1. The van der Waals surface area contributed by atoms with E-state index in [1.165, 1.54) is 6.42 Å². The fourth-order valence-electron chi connectivity index (χ4n) is 5.45. The lowest BCUT2D eigenvalue weighted by Gasteiger charge is -2.33. The van der Waals surface area contributed by atoms with Gasteiger partial charge in [0, 0.05) is 18.5 Å². The van der Waals surface area contributed by atoms with Crippen LogP contribution in [0.4, 0.5) is 17.5 Å². The van der Waals surface area contributed by atoms with Crippen LogP contribution in [0.3, 0.4) is 0 Å². The number of nitrogens with one attached hydrogen (secondary N) is 2. The van der Waals surface area contributed by atoms with Crippen LogP contribution in [0.2, 0.25) is 0 Å². The van der Waals surface area contributed by atoms with E-state index < -0.39 is 6.04 Å². The van der Waals surface area contributed by atoms with Crippen molar-refractivity contribution in [3.8, 4) is 5.82 Å². The SMILES string of the molecule is [C-]#[N+]c1ccc2c(c1)CCC[C@H]2NC(=O)[C@H](Nc1cc(-n2cccc2)nc(N)n1)C1CCCCC1. The fraction of sp³-hybridized carbons (Fsp3) is 0.407. The van der Waals surface area contributed by atoms with Gasteiger partial charge in [-0.05, 0) is 55.7 Å². The number of carbonyl (C=O) groups excluding carboxylic acids is 1. The molecule has 8 nitrogen and oxygen atoms in total. The first-order valence-corrected chi connectivity index (χ1v) is 12.5. The van der Waals surface area contributed by atoms with Crippen molar-refractivity contribution in [2.24, 2.45) is 5.92 Å². The molecule has 2 aliphatic carbocycles. The van der Waals surface area contributed by atoms with Crippen molar-refractivity contribution in [3.63, 3.8) is 0 Å². The topological polar surface area (TPSA) is 102 Å². The Morgan fingerprint density at radius 2 is 1.89 bits per heavy atom. The van der Waals surface area contributed by atoms with Crippen LogP contribution < -0.4 is 16.4 Å². The molecule has 4 N–H and O–H groups in total. The minimum absolute atomic E-state index is 0.0105. The molecule has 1 amide bonds. The number of amides is 1. The maximum absolute atomic E-state index is 13.7. The van der Waals surface area contributed by atoms with Crippen LogP contribution in [-0.4, -0.2) is 26.5 Å². The highest BCUT2D eigenvalue weighted by Gasteiger charge is 2.32. The monoisotopic (exact) mass is 469 g/mol. The summed E-state index contributed by atoms with van der Waals surface area (Å²) in [6.07, 6.45) is 12.1. The number of benzene rings is 1. The van der Waals surface area contributed by atoms with Crippen molar-refractivity contribution in [2.45, 2.75) is 63.5 Å². The van der Waals surface area contributed by atoms with Crippen LogP contribution in [0.1, 0.15) is 62.1 Å². The van der Waals surface area contributed by atoms with Crippen LogP contribution in [0.25, 0.3) is 10.7 Å². The molecule has 0 aliphatic heterocycles. The second-order valence-corrected chi connectivity index (χ2v) is 9.53. The molecule has 8 heteroatoms. The van der Waals surface area contributed by atoms with Crippen LogP contribution in [-0.2, 0) is 11.2 Å². The fourth-order valence-corrected chi connectivity index (χ4v) is 5.45. The van der Waals surface area contributed by atoms with Gasteiger partial charge in [0.15, 0.2) is 5.69 Å².